The summed E-state index contributed by atoms with van der Waals surface area (Å²) in [5.74, 6) is 4.13. The topological polar surface area (TPSA) is 29.3 Å². The van der Waals surface area contributed by atoms with Crippen molar-refractivity contribution in [3.05, 3.63) is 35.9 Å². The first kappa shape index (κ1) is 15.2. The molecule has 2 aliphatic rings. The maximum Gasteiger partial charge on any atom is 0.0249 e. The predicted molar refractivity (Wildman–Crippen MR) is 86.3 cm³/mol. The van der Waals surface area contributed by atoms with Crippen molar-refractivity contribution >= 4 is 24.2 Å². The molecule has 0 saturated carbocycles. The highest BCUT2D eigenvalue weighted by Crippen LogP contribution is 2.29. The van der Waals surface area contributed by atoms with Gasteiger partial charge in [0.2, 0.25) is 0 Å². The zero-order valence-corrected chi connectivity index (χ0v) is 12.8. The normalized spacial score (nSPS) is 31.3. The molecule has 2 aliphatic heterocycles. The predicted octanol–water partition coefficient (Wildman–Crippen LogP) is 2.59. The maximum atomic E-state index is 6.33. The molecule has 19 heavy (non-hydrogen) atoms. The Balaban J connectivity index is 0.00000133. The molecule has 0 aliphatic carbocycles. The Morgan fingerprint density at radius 1 is 1.21 bits per heavy atom. The lowest BCUT2D eigenvalue weighted by atomic mass is 9.95. The first-order valence-electron chi connectivity index (χ1n) is 6.93. The summed E-state index contributed by atoms with van der Waals surface area (Å²) >= 11 is 2.11. The van der Waals surface area contributed by atoms with Crippen LogP contribution < -0.4 is 5.73 Å². The van der Waals surface area contributed by atoms with E-state index in [1.807, 2.05) is 0 Å². The van der Waals surface area contributed by atoms with E-state index in [0.717, 1.165) is 19.0 Å². The summed E-state index contributed by atoms with van der Waals surface area (Å²) in [4.78, 5) is 2.58. The number of hydrogen-bond donors (Lipinski definition) is 1. The van der Waals surface area contributed by atoms with Crippen molar-refractivity contribution in [2.24, 2.45) is 11.7 Å². The Hall–Kier alpha value is -0.220. The fourth-order valence-corrected chi connectivity index (χ4v) is 4.48. The van der Waals surface area contributed by atoms with Crippen LogP contribution in [0.15, 0.2) is 30.3 Å². The van der Waals surface area contributed by atoms with Crippen molar-refractivity contribution < 1.29 is 0 Å². The average Bonchev–Trinajstić information content (AvgIpc) is 3.01. The van der Waals surface area contributed by atoms with Gasteiger partial charge in [-0.1, -0.05) is 30.3 Å². The van der Waals surface area contributed by atoms with Crippen molar-refractivity contribution in [2.45, 2.75) is 18.4 Å². The molecule has 0 aromatic heterocycles. The summed E-state index contributed by atoms with van der Waals surface area (Å²) in [6.07, 6.45) is 1.40. The monoisotopic (exact) mass is 298 g/mol. The van der Waals surface area contributed by atoms with Gasteiger partial charge in [0, 0.05) is 31.6 Å². The van der Waals surface area contributed by atoms with Gasteiger partial charge in [-0.3, -0.25) is 0 Å². The zero-order valence-electron chi connectivity index (χ0n) is 11.2. The number of benzene rings is 1. The van der Waals surface area contributed by atoms with E-state index in [1.54, 1.807) is 0 Å². The van der Waals surface area contributed by atoms with Gasteiger partial charge in [0.25, 0.3) is 0 Å². The molecule has 1 aromatic rings. The third-order valence-corrected chi connectivity index (χ3v) is 5.44. The van der Waals surface area contributed by atoms with Crippen LogP contribution >= 0.6 is 24.2 Å². The second kappa shape index (κ2) is 6.98. The molecule has 2 nitrogen and oxygen atoms in total. The van der Waals surface area contributed by atoms with Gasteiger partial charge >= 0.3 is 0 Å². The van der Waals surface area contributed by atoms with Gasteiger partial charge in [-0.2, -0.15) is 11.8 Å². The van der Waals surface area contributed by atoms with Crippen LogP contribution in [0.3, 0.4) is 0 Å². The largest absolute Gasteiger partial charge is 0.326 e. The lowest BCUT2D eigenvalue weighted by molar-refractivity contribution is 0.285. The van der Waals surface area contributed by atoms with Gasteiger partial charge in [0.1, 0.15) is 0 Å². The fourth-order valence-electron chi connectivity index (χ4n) is 3.21. The van der Waals surface area contributed by atoms with E-state index in [0.29, 0.717) is 12.0 Å². The van der Waals surface area contributed by atoms with E-state index in [9.17, 15) is 0 Å². The molecule has 0 bridgehead atoms. The van der Waals surface area contributed by atoms with Crippen molar-refractivity contribution in [1.29, 1.82) is 0 Å². The minimum Gasteiger partial charge on any atom is -0.326 e. The van der Waals surface area contributed by atoms with Crippen LogP contribution in [0.25, 0.3) is 0 Å². The molecular weight excluding hydrogens is 276 g/mol. The third-order valence-electron chi connectivity index (χ3n) is 4.21. The van der Waals surface area contributed by atoms with Crippen molar-refractivity contribution in [3.8, 4) is 0 Å². The number of halogens is 1. The molecule has 1 unspecified atom stereocenters. The molecule has 3 atom stereocenters. The number of nitrogens with two attached hydrogens (primary N) is 1. The molecule has 2 fully saturated rings. The highest BCUT2D eigenvalue weighted by atomic mass is 35.5. The molecule has 2 N–H and O–H groups in total. The van der Waals surface area contributed by atoms with Crippen molar-refractivity contribution in [2.75, 3.05) is 31.1 Å². The summed E-state index contributed by atoms with van der Waals surface area (Å²) in [6.45, 7) is 3.47. The van der Waals surface area contributed by atoms with Crippen molar-refractivity contribution in [1.82, 2.24) is 4.90 Å². The number of nitrogens with zero attached hydrogens (tertiary/aromatic N) is 1. The lowest BCUT2D eigenvalue weighted by Crippen LogP contribution is -2.31. The van der Waals surface area contributed by atoms with Gasteiger partial charge in [-0.25, -0.2) is 0 Å². The molecule has 3 rings (SSSR count). The molecule has 4 heteroatoms. The van der Waals surface area contributed by atoms with E-state index in [-0.39, 0.29) is 12.4 Å². The van der Waals surface area contributed by atoms with E-state index in [2.05, 4.69) is 47.0 Å². The number of rotatable bonds is 3. The molecule has 1 aromatic carbocycles. The van der Waals surface area contributed by atoms with E-state index in [1.165, 1.54) is 30.0 Å². The van der Waals surface area contributed by atoms with E-state index >= 15 is 0 Å². The van der Waals surface area contributed by atoms with Gasteiger partial charge < -0.3 is 10.6 Å². The number of hydrogen-bond acceptors (Lipinski definition) is 3. The molecule has 0 radical (unpaired) electrons. The van der Waals surface area contributed by atoms with Crippen LogP contribution in [0.1, 0.15) is 17.9 Å². The van der Waals surface area contributed by atoms with Gasteiger partial charge in [0.15, 0.2) is 0 Å². The lowest BCUT2D eigenvalue weighted by Gasteiger charge is -2.19. The Kier molecular flexibility index (Phi) is 5.58. The SMILES string of the molecule is Cl.N[C@@H]1CN(CC2CCSC2)C[C@H]1c1ccccc1. The molecule has 106 valence electrons. The van der Waals surface area contributed by atoms with E-state index in [4.69, 9.17) is 5.73 Å². The van der Waals surface area contributed by atoms with Crippen LogP contribution in [-0.4, -0.2) is 42.1 Å². The minimum absolute atomic E-state index is 0. The molecular formula is C15H23ClN2S. The minimum atomic E-state index is 0. The smallest absolute Gasteiger partial charge is 0.0249 e. The molecule has 0 amide bonds. The fraction of sp³-hybridized carbons (Fsp3) is 0.600. The van der Waals surface area contributed by atoms with Gasteiger partial charge in [0.05, 0.1) is 0 Å². The van der Waals surface area contributed by atoms with Crippen LogP contribution in [0.2, 0.25) is 0 Å². The molecule has 0 spiro atoms. The standard InChI is InChI=1S/C15H22N2S.ClH/c16-15-10-17(8-12-6-7-18-11-12)9-14(15)13-4-2-1-3-5-13;/h1-5,12,14-15H,6-11,16H2;1H/t12?,14-,15+;/m0./s1. The summed E-state index contributed by atoms with van der Waals surface area (Å²) in [5, 5.41) is 0. The van der Waals surface area contributed by atoms with Crippen molar-refractivity contribution in [3.63, 3.8) is 0 Å². The van der Waals surface area contributed by atoms with Crippen LogP contribution in [-0.2, 0) is 0 Å². The summed E-state index contributed by atoms with van der Waals surface area (Å²) in [5.41, 5.74) is 7.74. The highest BCUT2D eigenvalue weighted by Gasteiger charge is 2.32. The van der Waals surface area contributed by atoms with Gasteiger partial charge in [-0.05, 0) is 29.4 Å². The highest BCUT2D eigenvalue weighted by molar-refractivity contribution is 7.99. The van der Waals surface area contributed by atoms with Crippen LogP contribution in [0.4, 0.5) is 0 Å². The second-order valence-corrected chi connectivity index (χ2v) is 6.78. The summed E-state index contributed by atoms with van der Waals surface area (Å²) in [7, 11) is 0. The first-order chi connectivity index (χ1) is 8.83. The third kappa shape index (κ3) is 3.66. The summed E-state index contributed by atoms with van der Waals surface area (Å²) < 4.78 is 0. The maximum absolute atomic E-state index is 6.33. The Morgan fingerprint density at radius 2 is 2.00 bits per heavy atom. The Labute approximate surface area is 126 Å². The van der Waals surface area contributed by atoms with Crippen LogP contribution in [0, 0.1) is 5.92 Å². The second-order valence-electron chi connectivity index (χ2n) is 5.63. The number of likely N-dealkylation sites (tertiary alicyclic amines) is 1. The molecule has 2 heterocycles. The first-order valence-corrected chi connectivity index (χ1v) is 8.09. The zero-order chi connectivity index (χ0) is 12.4. The Morgan fingerprint density at radius 3 is 2.68 bits per heavy atom. The van der Waals surface area contributed by atoms with Gasteiger partial charge in [-0.15, -0.1) is 12.4 Å². The molecule has 2 saturated heterocycles. The quantitative estimate of drug-likeness (QED) is 0.930. The summed E-state index contributed by atoms with van der Waals surface area (Å²) in [6, 6.07) is 11.1. The average molecular weight is 299 g/mol. The van der Waals surface area contributed by atoms with Crippen LogP contribution in [0.5, 0.6) is 0 Å². The number of thioether (sulfide) groups is 1. The van der Waals surface area contributed by atoms with E-state index < -0.39 is 0 Å². The Bertz CT molecular complexity index is 381.